The lowest BCUT2D eigenvalue weighted by Gasteiger charge is -2.42. The summed E-state index contributed by atoms with van der Waals surface area (Å²) in [6, 6.07) is 0. The Morgan fingerprint density at radius 2 is 1.25 bits per heavy atom. The fraction of sp³-hybridized carbons (Fsp3) is 0.714. The number of esters is 4. The van der Waals surface area contributed by atoms with E-state index in [1.807, 2.05) is 0 Å². The van der Waals surface area contributed by atoms with Gasteiger partial charge in [-0.3, -0.25) is 19.2 Å². The molecule has 0 radical (unpaired) electrons. The topological polar surface area (TPSA) is 135 Å². The average molecular weight is 348 g/mol. The molecular formula is C14H20O10. The standard InChI is InChI=1S/C14H20O10/c1-6(15)20-5-10-11(21-7(2)16)12(22-8(3)17)13(14(19)24-10)23-9(4)18/h10-14,19H,5H2,1-4H3/t10?,11-,12?,13+,14?/m0/s1. The number of aliphatic hydroxyl groups is 1. The number of hydrogen-bond acceptors (Lipinski definition) is 10. The summed E-state index contributed by atoms with van der Waals surface area (Å²) in [5.41, 5.74) is 0. The Morgan fingerprint density at radius 1 is 0.792 bits per heavy atom. The Morgan fingerprint density at radius 3 is 1.71 bits per heavy atom. The minimum atomic E-state index is -1.68. The number of rotatable bonds is 5. The average Bonchev–Trinajstić information content (AvgIpc) is 2.42. The molecule has 1 aliphatic heterocycles. The Kier molecular flexibility index (Phi) is 7.11. The smallest absolute Gasteiger partial charge is 0.303 e. The molecular weight excluding hydrogens is 328 g/mol. The first-order valence-corrected chi connectivity index (χ1v) is 7.10. The third-order valence-electron chi connectivity index (χ3n) is 2.97. The summed E-state index contributed by atoms with van der Waals surface area (Å²) in [5, 5.41) is 10.0. The number of carbonyl (C=O) groups is 4. The third-order valence-corrected chi connectivity index (χ3v) is 2.97. The highest BCUT2D eigenvalue weighted by molar-refractivity contribution is 5.68. The normalized spacial score (nSPS) is 29.3. The molecule has 136 valence electrons. The summed E-state index contributed by atoms with van der Waals surface area (Å²) in [7, 11) is 0. The van der Waals surface area contributed by atoms with E-state index in [0.29, 0.717) is 0 Å². The molecule has 1 aliphatic rings. The lowest BCUT2D eigenvalue weighted by molar-refractivity contribution is -0.296. The van der Waals surface area contributed by atoms with Crippen molar-refractivity contribution in [1.29, 1.82) is 0 Å². The summed E-state index contributed by atoms with van der Waals surface area (Å²) in [6.07, 6.45) is -6.79. The highest BCUT2D eigenvalue weighted by Crippen LogP contribution is 2.28. The van der Waals surface area contributed by atoms with Crippen molar-refractivity contribution in [2.24, 2.45) is 0 Å². The minimum Gasteiger partial charge on any atom is -0.463 e. The predicted octanol–water partition coefficient (Wildman–Crippen LogP) is -0.938. The van der Waals surface area contributed by atoms with Crippen molar-refractivity contribution in [1.82, 2.24) is 0 Å². The highest BCUT2D eigenvalue weighted by Gasteiger charge is 2.51. The van der Waals surface area contributed by atoms with Crippen molar-refractivity contribution < 1.29 is 48.0 Å². The van der Waals surface area contributed by atoms with Crippen LogP contribution in [0.4, 0.5) is 0 Å². The van der Waals surface area contributed by atoms with Crippen molar-refractivity contribution in [3.63, 3.8) is 0 Å². The SMILES string of the molecule is CC(=O)OCC1OC(O)[C@H](OC(C)=O)C(OC(C)=O)[C@H]1OC(C)=O. The molecule has 1 N–H and O–H groups in total. The quantitative estimate of drug-likeness (QED) is 0.490. The van der Waals surface area contributed by atoms with Gasteiger partial charge in [0, 0.05) is 27.7 Å². The zero-order valence-corrected chi connectivity index (χ0v) is 13.7. The summed E-state index contributed by atoms with van der Waals surface area (Å²) in [5.74, 6) is -2.87. The molecule has 0 aliphatic carbocycles. The molecule has 1 fully saturated rings. The van der Waals surface area contributed by atoms with Crippen LogP contribution in [-0.2, 0) is 42.9 Å². The molecule has 0 amide bonds. The zero-order valence-electron chi connectivity index (χ0n) is 13.7. The first-order valence-electron chi connectivity index (χ1n) is 7.10. The van der Waals surface area contributed by atoms with Gasteiger partial charge in [0.15, 0.2) is 24.6 Å². The Labute approximate surface area is 137 Å². The van der Waals surface area contributed by atoms with Gasteiger partial charge in [-0.2, -0.15) is 0 Å². The van der Waals surface area contributed by atoms with Crippen molar-refractivity contribution in [2.45, 2.75) is 58.4 Å². The van der Waals surface area contributed by atoms with Gasteiger partial charge < -0.3 is 28.8 Å². The first kappa shape index (κ1) is 19.8. The maximum Gasteiger partial charge on any atom is 0.303 e. The van der Waals surface area contributed by atoms with Gasteiger partial charge in [-0.1, -0.05) is 0 Å². The fourth-order valence-corrected chi connectivity index (χ4v) is 2.21. The summed E-state index contributed by atoms with van der Waals surface area (Å²) < 4.78 is 25.0. The second kappa shape index (κ2) is 8.60. The molecule has 0 aromatic heterocycles. The van der Waals surface area contributed by atoms with Crippen molar-refractivity contribution in [2.75, 3.05) is 6.61 Å². The lowest BCUT2D eigenvalue weighted by atomic mass is 9.98. The second-order valence-corrected chi connectivity index (χ2v) is 5.09. The van der Waals surface area contributed by atoms with E-state index in [1.165, 1.54) is 0 Å². The third kappa shape index (κ3) is 5.78. The maximum absolute atomic E-state index is 11.3. The van der Waals surface area contributed by atoms with Gasteiger partial charge in [-0.05, 0) is 0 Å². The van der Waals surface area contributed by atoms with E-state index in [-0.39, 0.29) is 6.61 Å². The van der Waals surface area contributed by atoms with Crippen LogP contribution >= 0.6 is 0 Å². The summed E-state index contributed by atoms with van der Waals surface area (Å²) >= 11 is 0. The lowest BCUT2D eigenvalue weighted by Crippen LogP contribution is -2.62. The van der Waals surface area contributed by atoms with Gasteiger partial charge in [0.2, 0.25) is 0 Å². The molecule has 0 spiro atoms. The van der Waals surface area contributed by atoms with Crippen LogP contribution in [-0.4, -0.2) is 66.3 Å². The predicted molar refractivity (Wildman–Crippen MR) is 74.2 cm³/mol. The number of aliphatic hydroxyl groups excluding tert-OH is 1. The molecule has 0 bridgehead atoms. The molecule has 24 heavy (non-hydrogen) atoms. The van der Waals surface area contributed by atoms with Crippen LogP contribution < -0.4 is 0 Å². The van der Waals surface area contributed by atoms with E-state index in [9.17, 15) is 24.3 Å². The molecule has 1 rings (SSSR count). The minimum absolute atomic E-state index is 0.366. The number of ether oxygens (including phenoxy) is 5. The second-order valence-electron chi connectivity index (χ2n) is 5.09. The van der Waals surface area contributed by atoms with Crippen LogP contribution in [0.2, 0.25) is 0 Å². The first-order chi connectivity index (χ1) is 11.1. The largest absolute Gasteiger partial charge is 0.463 e. The highest BCUT2D eigenvalue weighted by atomic mass is 16.7. The van der Waals surface area contributed by atoms with E-state index in [0.717, 1.165) is 27.7 Å². The molecule has 1 heterocycles. The fourth-order valence-electron chi connectivity index (χ4n) is 2.21. The molecule has 10 nitrogen and oxygen atoms in total. The Balaban J connectivity index is 3.11. The van der Waals surface area contributed by atoms with Gasteiger partial charge >= 0.3 is 23.9 Å². The molecule has 0 aromatic carbocycles. The molecule has 3 unspecified atom stereocenters. The number of carbonyl (C=O) groups excluding carboxylic acids is 4. The summed E-state index contributed by atoms with van der Waals surface area (Å²) in [4.78, 5) is 44.9. The van der Waals surface area contributed by atoms with Gasteiger partial charge in [0.1, 0.15) is 12.7 Å². The van der Waals surface area contributed by atoms with Crippen molar-refractivity contribution >= 4 is 23.9 Å². The van der Waals surface area contributed by atoms with Gasteiger partial charge in [-0.25, -0.2) is 0 Å². The van der Waals surface area contributed by atoms with Crippen LogP contribution in [0.1, 0.15) is 27.7 Å². The Hall–Kier alpha value is -2.20. The van der Waals surface area contributed by atoms with Crippen LogP contribution in [0.15, 0.2) is 0 Å². The maximum atomic E-state index is 11.3. The van der Waals surface area contributed by atoms with E-state index in [1.54, 1.807) is 0 Å². The van der Waals surface area contributed by atoms with E-state index >= 15 is 0 Å². The van der Waals surface area contributed by atoms with Gasteiger partial charge in [-0.15, -0.1) is 0 Å². The molecule has 0 saturated carbocycles. The Bertz CT molecular complexity index is 502. The number of hydrogen-bond donors (Lipinski definition) is 1. The molecule has 10 heteroatoms. The van der Waals surface area contributed by atoms with Gasteiger partial charge in [0.05, 0.1) is 0 Å². The molecule has 5 atom stereocenters. The van der Waals surface area contributed by atoms with E-state index < -0.39 is 54.6 Å². The van der Waals surface area contributed by atoms with Crippen molar-refractivity contribution in [3.8, 4) is 0 Å². The van der Waals surface area contributed by atoms with Crippen LogP contribution in [0, 0.1) is 0 Å². The zero-order chi connectivity index (χ0) is 18.4. The van der Waals surface area contributed by atoms with Crippen LogP contribution in [0.5, 0.6) is 0 Å². The molecule has 0 aromatic rings. The van der Waals surface area contributed by atoms with Crippen LogP contribution in [0.3, 0.4) is 0 Å². The van der Waals surface area contributed by atoms with Gasteiger partial charge in [0.25, 0.3) is 0 Å². The van der Waals surface area contributed by atoms with E-state index in [4.69, 9.17) is 23.7 Å². The summed E-state index contributed by atoms with van der Waals surface area (Å²) in [6.45, 7) is 4.09. The van der Waals surface area contributed by atoms with Crippen molar-refractivity contribution in [3.05, 3.63) is 0 Å². The van der Waals surface area contributed by atoms with E-state index in [2.05, 4.69) is 0 Å². The molecule has 1 saturated heterocycles. The van der Waals surface area contributed by atoms with Crippen LogP contribution in [0.25, 0.3) is 0 Å². The monoisotopic (exact) mass is 348 g/mol.